The molecule has 0 aromatic carbocycles. The Kier molecular flexibility index (Phi) is 3.50. The van der Waals surface area contributed by atoms with E-state index in [0.717, 1.165) is 20.0 Å². The van der Waals surface area contributed by atoms with E-state index in [2.05, 4.69) is 42.8 Å². The summed E-state index contributed by atoms with van der Waals surface area (Å²) in [6.07, 6.45) is 0. The Labute approximate surface area is 75.7 Å². The summed E-state index contributed by atoms with van der Waals surface area (Å²) in [5, 5.41) is 3.40. The van der Waals surface area contributed by atoms with Crippen molar-refractivity contribution in [2.75, 3.05) is 20.0 Å². The standard InChI is InChI=1S/C9H21N3/c1-8(2)11-5-10-6-12(7-11)9(3)4/h8-10H,5-7H2,1-4H3. The van der Waals surface area contributed by atoms with Crippen molar-refractivity contribution in [3.8, 4) is 0 Å². The van der Waals surface area contributed by atoms with E-state index >= 15 is 0 Å². The Morgan fingerprint density at radius 2 is 1.33 bits per heavy atom. The van der Waals surface area contributed by atoms with Crippen LogP contribution in [-0.4, -0.2) is 41.9 Å². The fourth-order valence-electron chi connectivity index (χ4n) is 1.36. The molecule has 0 amide bonds. The second-order valence-corrected chi connectivity index (χ2v) is 4.07. The van der Waals surface area contributed by atoms with E-state index < -0.39 is 0 Å². The quantitative estimate of drug-likeness (QED) is 0.665. The molecule has 1 aliphatic heterocycles. The van der Waals surface area contributed by atoms with Crippen molar-refractivity contribution in [3.63, 3.8) is 0 Å². The van der Waals surface area contributed by atoms with E-state index in [1.807, 2.05) is 0 Å². The van der Waals surface area contributed by atoms with E-state index in [9.17, 15) is 0 Å². The van der Waals surface area contributed by atoms with Crippen LogP contribution in [0.25, 0.3) is 0 Å². The van der Waals surface area contributed by atoms with Crippen molar-refractivity contribution in [3.05, 3.63) is 0 Å². The topological polar surface area (TPSA) is 18.5 Å². The van der Waals surface area contributed by atoms with Crippen molar-refractivity contribution in [2.24, 2.45) is 0 Å². The Hall–Kier alpha value is -0.120. The molecule has 0 aliphatic carbocycles. The maximum atomic E-state index is 3.40. The summed E-state index contributed by atoms with van der Waals surface area (Å²) in [5.41, 5.74) is 0. The third kappa shape index (κ3) is 2.44. The number of hydrogen-bond donors (Lipinski definition) is 1. The summed E-state index contributed by atoms with van der Waals surface area (Å²) in [4.78, 5) is 4.87. The lowest BCUT2D eigenvalue weighted by Gasteiger charge is -2.40. The van der Waals surface area contributed by atoms with Gasteiger partial charge in [0.1, 0.15) is 0 Å². The number of rotatable bonds is 2. The van der Waals surface area contributed by atoms with Crippen molar-refractivity contribution >= 4 is 0 Å². The minimum absolute atomic E-state index is 0.638. The molecule has 3 nitrogen and oxygen atoms in total. The molecule has 1 aliphatic rings. The molecule has 0 bridgehead atoms. The van der Waals surface area contributed by atoms with Gasteiger partial charge in [0, 0.05) is 12.1 Å². The van der Waals surface area contributed by atoms with Gasteiger partial charge in [0.2, 0.25) is 0 Å². The minimum atomic E-state index is 0.638. The summed E-state index contributed by atoms with van der Waals surface area (Å²) >= 11 is 0. The van der Waals surface area contributed by atoms with Crippen LogP contribution in [0.3, 0.4) is 0 Å². The molecule has 0 aromatic heterocycles. The molecular weight excluding hydrogens is 150 g/mol. The van der Waals surface area contributed by atoms with Gasteiger partial charge < -0.3 is 0 Å². The van der Waals surface area contributed by atoms with Gasteiger partial charge in [-0.05, 0) is 27.7 Å². The van der Waals surface area contributed by atoms with E-state index in [0.29, 0.717) is 12.1 Å². The predicted molar refractivity (Wildman–Crippen MR) is 51.7 cm³/mol. The smallest absolute Gasteiger partial charge is 0.0535 e. The van der Waals surface area contributed by atoms with Gasteiger partial charge in [0.15, 0.2) is 0 Å². The van der Waals surface area contributed by atoms with Crippen LogP contribution < -0.4 is 5.32 Å². The van der Waals surface area contributed by atoms with Gasteiger partial charge in [0.25, 0.3) is 0 Å². The van der Waals surface area contributed by atoms with Gasteiger partial charge in [0.05, 0.1) is 20.0 Å². The van der Waals surface area contributed by atoms with Crippen LogP contribution in [0.2, 0.25) is 0 Å². The molecule has 1 fully saturated rings. The molecule has 1 heterocycles. The normalized spacial score (nSPS) is 22.5. The molecule has 0 spiro atoms. The number of hydrogen-bond acceptors (Lipinski definition) is 3. The van der Waals surface area contributed by atoms with Gasteiger partial charge in [-0.1, -0.05) is 0 Å². The summed E-state index contributed by atoms with van der Waals surface area (Å²) < 4.78 is 0. The fourth-order valence-corrected chi connectivity index (χ4v) is 1.36. The Bertz CT molecular complexity index is 120. The minimum Gasteiger partial charge on any atom is -0.291 e. The van der Waals surface area contributed by atoms with Crippen molar-refractivity contribution in [2.45, 2.75) is 39.8 Å². The van der Waals surface area contributed by atoms with Gasteiger partial charge in [-0.25, -0.2) is 0 Å². The Balaban J connectivity index is 2.40. The molecule has 0 unspecified atom stereocenters. The second kappa shape index (κ2) is 4.21. The second-order valence-electron chi connectivity index (χ2n) is 4.07. The number of nitrogens with one attached hydrogen (secondary N) is 1. The molecule has 12 heavy (non-hydrogen) atoms. The van der Waals surface area contributed by atoms with Gasteiger partial charge >= 0.3 is 0 Å². The van der Waals surface area contributed by atoms with Crippen LogP contribution in [-0.2, 0) is 0 Å². The summed E-state index contributed by atoms with van der Waals surface area (Å²) in [6, 6.07) is 1.28. The third-order valence-corrected chi connectivity index (χ3v) is 2.45. The highest BCUT2D eigenvalue weighted by molar-refractivity contribution is 4.70. The molecule has 1 rings (SSSR count). The monoisotopic (exact) mass is 171 g/mol. The van der Waals surface area contributed by atoms with Gasteiger partial charge in [-0.2, -0.15) is 0 Å². The van der Waals surface area contributed by atoms with Crippen LogP contribution in [0.5, 0.6) is 0 Å². The fraction of sp³-hybridized carbons (Fsp3) is 1.00. The molecule has 0 radical (unpaired) electrons. The highest BCUT2D eigenvalue weighted by Crippen LogP contribution is 2.06. The summed E-state index contributed by atoms with van der Waals surface area (Å²) in [6.45, 7) is 12.1. The van der Waals surface area contributed by atoms with Crippen LogP contribution in [0.1, 0.15) is 27.7 Å². The van der Waals surface area contributed by atoms with Crippen LogP contribution >= 0.6 is 0 Å². The zero-order chi connectivity index (χ0) is 9.14. The maximum absolute atomic E-state index is 3.40. The third-order valence-electron chi connectivity index (χ3n) is 2.45. The van der Waals surface area contributed by atoms with Crippen molar-refractivity contribution in [1.82, 2.24) is 15.1 Å². The van der Waals surface area contributed by atoms with E-state index in [1.165, 1.54) is 0 Å². The van der Waals surface area contributed by atoms with Crippen molar-refractivity contribution < 1.29 is 0 Å². The average molecular weight is 171 g/mol. The van der Waals surface area contributed by atoms with Crippen molar-refractivity contribution in [1.29, 1.82) is 0 Å². The molecule has 0 atom stereocenters. The lowest BCUT2D eigenvalue weighted by Crippen LogP contribution is -2.56. The predicted octanol–water partition coefficient (Wildman–Crippen LogP) is 0.883. The van der Waals surface area contributed by atoms with Crippen LogP contribution in [0.4, 0.5) is 0 Å². The zero-order valence-corrected chi connectivity index (χ0v) is 8.67. The molecule has 1 N–H and O–H groups in total. The first-order chi connectivity index (χ1) is 5.61. The average Bonchev–Trinajstić information content (AvgIpc) is 2.04. The molecular formula is C9H21N3. The molecule has 3 heteroatoms. The zero-order valence-electron chi connectivity index (χ0n) is 8.67. The summed E-state index contributed by atoms with van der Waals surface area (Å²) in [5.74, 6) is 0. The first kappa shape index (κ1) is 9.96. The molecule has 1 saturated heterocycles. The molecule has 72 valence electrons. The van der Waals surface area contributed by atoms with E-state index in [-0.39, 0.29) is 0 Å². The first-order valence-electron chi connectivity index (χ1n) is 4.80. The highest BCUT2D eigenvalue weighted by atomic mass is 15.4. The van der Waals surface area contributed by atoms with Crippen LogP contribution in [0.15, 0.2) is 0 Å². The SMILES string of the molecule is CC(C)N1CNCN(C(C)C)C1. The van der Waals surface area contributed by atoms with E-state index in [4.69, 9.17) is 0 Å². The molecule has 0 saturated carbocycles. The van der Waals surface area contributed by atoms with Gasteiger partial charge in [-0.15, -0.1) is 0 Å². The van der Waals surface area contributed by atoms with Crippen LogP contribution in [0, 0.1) is 0 Å². The lowest BCUT2D eigenvalue weighted by atomic mass is 10.3. The summed E-state index contributed by atoms with van der Waals surface area (Å²) in [7, 11) is 0. The number of nitrogens with zero attached hydrogens (tertiary/aromatic N) is 2. The Morgan fingerprint density at radius 1 is 0.917 bits per heavy atom. The largest absolute Gasteiger partial charge is 0.291 e. The lowest BCUT2D eigenvalue weighted by molar-refractivity contribution is 0.0252. The highest BCUT2D eigenvalue weighted by Gasteiger charge is 2.20. The van der Waals surface area contributed by atoms with E-state index in [1.54, 1.807) is 0 Å². The Morgan fingerprint density at radius 3 is 1.67 bits per heavy atom. The maximum Gasteiger partial charge on any atom is 0.0535 e. The molecule has 0 aromatic rings. The first-order valence-corrected chi connectivity index (χ1v) is 4.80. The van der Waals surface area contributed by atoms with Gasteiger partial charge in [-0.3, -0.25) is 15.1 Å².